The molecule has 0 bridgehead atoms. The lowest BCUT2D eigenvalue weighted by Gasteiger charge is -2.27. The molecular formula is C19H29N. The minimum Gasteiger partial charge on any atom is -0.314 e. The average Bonchev–Trinajstić information content (AvgIpc) is 3.22. The molecule has 0 heterocycles. The summed E-state index contributed by atoms with van der Waals surface area (Å²) in [6.07, 6.45) is 9.89. The molecule has 1 aromatic rings. The summed E-state index contributed by atoms with van der Waals surface area (Å²) in [7, 11) is 0. The lowest BCUT2D eigenvalue weighted by Crippen LogP contribution is -2.28. The largest absolute Gasteiger partial charge is 0.314 e. The van der Waals surface area contributed by atoms with Crippen LogP contribution >= 0.6 is 0 Å². The van der Waals surface area contributed by atoms with Crippen molar-refractivity contribution in [3.8, 4) is 0 Å². The molecule has 2 saturated carbocycles. The molecule has 1 aromatic carbocycles. The maximum atomic E-state index is 3.78. The average molecular weight is 271 g/mol. The maximum absolute atomic E-state index is 3.78. The molecule has 2 atom stereocenters. The maximum Gasteiger partial charge on any atom is 0.00683 e. The molecule has 0 amide bonds. The van der Waals surface area contributed by atoms with Gasteiger partial charge in [-0.25, -0.2) is 0 Å². The second-order valence-electron chi connectivity index (χ2n) is 7.11. The van der Waals surface area contributed by atoms with Gasteiger partial charge < -0.3 is 5.32 Å². The van der Waals surface area contributed by atoms with E-state index in [4.69, 9.17) is 0 Å². The van der Waals surface area contributed by atoms with Gasteiger partial charge in [-0.05, 0) is 63.5 Å². The molecule has 0 saturated heterocycles. The van der Waals surface area contributed by atoms with Gasteiger partial charge in [-0.3, -0.25) is 0 Å². The number of rotatable bonds is 4. The third-order valence-electron chi connectivity index (χ3n) is 5.08. The Morgan fingerprint density at radius 3 is 2.30 bits per heavy atom. The van der Waals surface area contributed by atoms with Crippen molar-refractivity contribution in [1.29, 1.82) is 0 Å². The van der Waals surface area contributed by atoms with Gasteiger partial charge in [-0.2, -0.15) is 0 Å². The third-order valence-corrected chi connectivity index (χ3v) is 5.08. The van der Waals surface area contributed by atoms with Crippen LogP contribution in [0.25, 0.3) is 0 Å². The Balaban J connectivity index is 1.77. The third kappa shape index (κ3) is 3.63. The zero-order valence-electron chi connectivity index (χ0n) is 13.1. The van der Waals surface area contributed by atoms with E-state index in [2.05, 4.69) is 37.4 Å². The molecule has 2 aliphatic rings. The summed E-state index contributed by atoms with van der Waals surface area (Å²) in [5.41, 5.74) is 4.46. The molecule has 1 N–H and O–H groups in total. The van der Waals surface area contributed by atoms with Gasteiger partial charge in [-0.1, -0.05) is 48.6 Å². The van der Waals surface area contributed by atoms with Crippen LogP contribution < -0.4 is 5.32 Å². The lowest BCUT2D eigenvalue weighted by molar-refractivity contribution is 0.374. The smallest absolute Gasteiger partial charge is 0.00683 e. The molecule has 0 spiro atoms. The molecule has 2 fully saturated rings. The summed E-state index contributed by atoms with van der Waals surface area (Å²) >= 11 is 0. The molecule has 2 unspecified atom stereocenters. The van der Waals surface area contributed by atoms with E-state index in [-0.39, 0.29) is 0 Å². The first kappa shape index (κ1) is 14.1. The lowest BCUT2D eigenvalue weighted by atomic mass is 9.81. The minimum absolute atomic E-state index is 0.780. The van der Waals surface area contributed by atoms with Crippen LogP contribution in [0.4, 0.5) is 0 Å². The van der Waals surface area contributed by atoms with Gasteiger partial charge in [0.25, 0.3) is 0 Å². The van der Waals surface area contributed by atoms with E-state index < -0.39 is 0 Å². The quantitative estimate of drug-likeness (QED) is 0.781. The van der Waals surface area contributed by atoms with Gasteiger partial charge in [0, 0.05) is 6.04 Å². The monoisotopic (exact) mass is 271 g/mol. The van der Waals surface area contributed by atoms with Gasteiger partial charge in [0.15, 0.2) is 0 Å². The van der Waals surface area contributed by atoms with Crippen LogP contribution in [0.5, 0.6) is 0 Å². The van der Waals surface area contributed by atoms with Crippen molar-refractivity contribution in [1.82, 2.24) is 5.32 Å². The van der Waals surface area contributed by atoms with E-state index in [1.54, 1.807) is 5.56 Å². The van der Waals surface area contributed by atoms with Gasteiger partial charge >= 0.3 is 0 Å². The first-order valence-corrected chi connectivity index (χ1v) is 8.54. The van der Waals surface area contributed by atoms with Crippen molar-refractivity contribution in [2.75, 3.05) is 6.54 Å². The van der Waals surface area contributed by atoms with Gasteiger partial charge in [-0.15, -0.1) is 0 Å². The highest BCUT2D eigenvalue weighted by molar-refractivity contribution is 5.31. The highest BCUT2D eigenvalue weighted by Crippen LogP contribution is 2.37. The molecule has 2 aliphatic carbocycles. The highest BCUT2D eigenvalue weighted by atomic mass is 14.9. The number of nitrogens with one attached hydrogen (secondary N) is 1. The summed E-state index contributed by atoms with van der Waals surface area (Å²) in [6, 6.07) is 8.02. The molecule has 20 heavy (non-hydrogen) atoms. The zero-order valence-corrected chi connectivity index (χ0v) is 13.1. The molecule has 1 heteroatoms. The summed E-state index contributed by atoms with van der Waals surface area (Å²) in [5.74, 6) is 1.63. The van der Waals surface area contributed by atoms with Gasteiger partial charge in [0.05, 0.1) is 0 Å². The van der Waals surface area contributed by atoms with Crippen molar-refractivity contribution in [3.63, 3.8) is 0 Å². The summed E-state index contributed by atoms with van der Waals surface area (Å²) in [5, 5.41) is 3.78. The van der Waals surface area contributed by atoms with Crippen LogP contribution in [-0.4, -0.2) is 12.6 Å². The number of benzene rings is 1. The van der Waals surface area contributed by atoms with Crippen LogP contribution in [-0.2, 0) is 0 Å². The van der Waals surface area contributed by atoms with Crippen molar-refractivity contribution in [3.05, 3.63) is 34.9 Å². The molecule has 3 rings (SSSR count). The summed E-state index contributed by atoms with van der Waals surface area (Å²) in [4.78, 5) is 0. The Morgan fingerprint density at radius 1 is 0.900 bits per heavy atom. The fourth-order valence-electron chi connectivity index (χ4n) is 3.90. The normalized spacial score (nSPS) is 27.3. The predicted molar refractivity (Wildman–Crippen MR) is 86.3 cm³/mol. The Hall–Kier alpha value is -0.820. The number of aryl methyl sites for hydroxylation is 2. The van der Waals surface area contributed by atoms with Gasteiger partial charge in [0.2, 0.25) is 0 Å². The Kier molecular flexibility index (Phi) is 4.45. The van der Waals surface area contributed by atoms with Crippen molar-refractivity contribution < 1.29 is 0 Å². The van der Waals surface area contributed by atoms with E-state index in [9.17, 15) is 0 Å². The summed E-state index contributed by atoms with van der Waals surface area (Å²) < 4.78 is 0. The van der Waals surface area contributed by atoms with E-state index in [1.165, 1.54) is 62.6 Å². The molecule has 0 radical (unpaired) electrons. The highest BCUT2D eigenvalue weighted by Gasteiger charge is 2.28. The van der Waals surface area contributed by atoms with Crippen LogP contribution in [0, 0.1) is 19.8 Å². The van der Waals surface area contributed by atoms with E-state index >= 15 is 0 Å². The fraction of sp³-hybridized carbons (Fsp3) is 0.684. The van der Waals surface area contributed by atoms with Crippen molar-refractivity contribution in [2.24, 2.45) is 5.92 Å². The molecule has 1 nitrogen and oxygen atoms in total. The number of hydrogen-bond acceptors (Lipinski definition) is 1. The van der Waals surface area contributed by atoms with Crippen molar-refractivity contribution >= 4 is 0 Å². The van der Waals surface area contributed by atoms with E-state index in [0.717, 1.165) is 17.9 Å². The Labute approximate surface area is 124 Å². The molecule has 0 aliphatic heterocycles. The minimum atomic E-state index is 0.780. The Morgan fingerprint density at radius 2 is 1.60 bits per heavy atom. The standard InChI is InChI=1S/C19H29N/c1-14-10-15(2)12-17(11-14)19-7-5-3-4-6-16(19)13-20-18-8-9-18/h10-12,16,18-20H,3-9,13H2,1-2H3. The molecule has 110 valence electrons. The number of hydrogen-bond donors (Lipinski definition) is 1. The fourth-order valence-corrected chi connectivity index (χ4v) is 3.90. The van der Waals surface area contributed by atoms with Crippen molar-refractivity contribution in [2.45, 2.75) is 70.8 Å². The van der Waals surface area contributed by atoms with Crippen LogP contribution in [0.15, 0.2) is 18.2 Å². The summed E-state index contributed by atoms with van der Waals surface area (Å²) in [6.45, 7) is 5.72. The SMILES string of the molecule is Cc1cc(C)cc(C2CCCCCC2CNC2CC2)c1. The molecular weight excluding hydrogens is 242 g/mol. The molecule has 0 aromatic heterocycles. The second-order valence-corrected chi connectivity index (χ2v) is 7.11. The predicted octanol–water partition coefficient (Wildman–Crippen LogP) is 4.72. The Bertz CT molecular complexity index is 427. The topological polar surface area (TPSA) is 12.0 Å². The first-order chi connectivity index (χ1) is 9.72. The van der Waals surface area contributed by atoms with E-state index in [0.29, 0.717) is 0 Å². The zero-order chi connectivity index (χ0) is 13.9. The van der Waals surface area contributed by atoms with Crippen LogP contribution in [0.3, 0.4) is 0 Å². The van der Waals surface area contributed by atoms with Crippen LogP contribution in [0.2, 0.25) is 0 Å². The van der Waals surface area contributed by atoms with E-state index in [1.807, 2.05) is 0 Å². The van der Waals surface area contributed by atoms with Crippen LogP contribution in [0.1, 0.15) is 67.6 Å². The second kappa shape index (κ2) is 6.30. The van der Waals surface area contributed by atoms with Gasteiger partial charge in [0.1, 0.15) is 0 Å². The first-order valence-electron chi connectivity index (χ1n) is 8.54.